The van der Waals surface area contributed by atoms with Crippen molar-refractivity contribution >= 4 is 5.97 Å². The van der Waals surface area contributed by atoms with Gasteiger partial charge in [-0.3, -0.25) is 9.88 Å². The van der Waals surface area contributed by atoms with Gasteiger partial charge in [0.25, 0.3) is 0 Å². The fraction of sp³-hybridized carbons (Fsp3) is 0.421. The number of nitrogens with zero attached hydrogens (tertiary/aromatic N) is 3. The molecule has 0 atom stereocenters. The number of carboxylic acid groups (broad SMARTS) is 1. The number of carboxylic acids is 1. The van der Waals surface area contributed by atoms with Crippen LogP contribution in [0.25, 0.3) is 0 Å². The Morgan fingerprint density at radius 2 is 1.92 bits per heavy atom. The van der Waals surface area contributed by atoms with E-state index in [1.54, 1.807) is 6.20 Å². The van der Waals surface area contributed by atoms with E-state index in [1.165, 1.54) is 43.0 Å². The molecule has 0 spiro atoms. The summed E-state index contributed by atoms with van der Waals surface area (Å²) in [4.78, 5) is 21.7. The van der Waals surface area contributed by atoms with Crippen LogP contribution in [0.5, 0.6) is 0 Å². The molecule has 1 aromatic carbocycles. The van der Waals surface area contributed by atoms with Crippen LogP contribution < -0.4 is 0 Å². The van der Waals surface area contributed by atoms with Gasteiger partial charge in [-0.25, -0.2) is 9.78 Å². The summed E-state index contributed by atoms with van der Waals surface area (Å²) >= 11 is 0. The molecule has 3 rings (SSSR count). The summed E-state index contributed by atoms with van der Waals surface area (Å²) in [6, 6.07) is 9.02. The third kappa shape index (κ3) is 3.97. The molecule has 0 radical (unpaired) electrons. The first-order chi connectivity index (χ1) is 11.6. The van der Waals surface area contributed by atoms with Crippen molar-refractivity contribution in [3.05, 3.63) is 59.2 Å². The summed E-state index contributed by atoms with van der Waals surface area (Å²) in [5, 5.41) is 8.94. The topological polar surface area (TPSA) is 66.3 Å². The first-order valence-corrected chi connectivity index (χ1v) is 8.46. The van der Waals surface area contributed by atoms with Crippen LogP contribution in [0.2, 0.25) is 0 Å². The lowest BCUT2D eigenvalue weighted by atomic mass is 10.1. The molecule has 1 N–H and O–H groups in total. The van der Waals surface area contributed by atoms with E-state index in [0.717, 1.165) is 12.2 Å². The van der Waals surface area contributed by atoms with Crippen molar-refractivity contribution in [2.45, 2.75) is 51.7 Å². The van der Waals surface area contributed by atoms with Crippen LogP contribution in [0, 0.1) is 6.92 Å². The molecule has 1 fully saturated rings. The van der Waals surface area contributed by atoms with Crippen molar-refractivity contribution in [1.29, 1.82) is 0 Å². The normalized spacial score (nSPS) is 15.1. The van der Waals surface area contributed by atoms with Gasteiger partial charge in [-0.2, -0.15) is 0 Å². The van der Waals surface area contributed by atoms with E-state index in [9.17, 15) is 4.79 Å². The van der Waals surface area contributed by atoms with Crippen molar-refractivity contribution in [1.82, 2.24) is 14.9 Å². The monoisotopic (exact) mass is 325 g/mol. The van der Waals surface area contributed by atoms with Gasteiger partial charge < -0.3 is 5.11 Å². The minimum absolute atomic E-state index is 0.00919. The molecule has 1 heterocycles. The van der Waals surface area contributed by atoms with Crippen LogP contribution in [0.15, 0.2) is 36.7 Å². The van der Waals surface area contributed by atoms with Crippen molar-refractivity contribution in [2.24, 2.45) is 0 Å². The number of carbonyl (C=O) groups is 1. The first kappa shape index (κ1) is 16.6. The molecule has 1 aromatic heterocycles. The minimum Gasteiger partial charge on any atom is -0.476 e. The third-order valence-corrected chi connectivity index (χ3v) is 4.77. The lowest BCUT2D eigenvalue weighted by molar-refractivity contribution is 0.0689. The molecule has 1 aliphatic carbocycles. The van der Waals surface area contributed by atoms with Gasteiger partial charge in [-0.05, 0) is 30.9 Å². The maximum atomic E-state index is 10.9. The average Bonchev–Trinajstić information content (AvgIpc) is 3.11. The molecule has 24 heavy (non-hydrogen) atoms. The Morgan fingerprint density at radius 1 is 1.17 bits per heavy atom. The van der Waals surface area contributed by atoms with Gasteiger partial charge in [0.1, 0.15) is 0 Å². The Morgan fingerprint density at radius 3 is 2.54 bits per heavy atom. The fourth-order valence-corrected chi connectivity index (χ4v) is 3.34. The number of aryl methyl sites for hydroxylation is 1. The smallest absolute Gasteiger partial charge is 0.356 e. The summed E-state index contributed by atoms with van der Waals surface area (Å²) in [6.07, 6.45) is 7.91. The Labute approximate surface area is 142 Å². The molecule has 0 unspecified atom stereocenters. The summed E-state index contributed by atoms with van der Waals surface area (Å²) in [5.74, 6) is -1.04. The second-order valence-electron chi connectivity index (χ2n) is 6.47. The van der Waals surface area contributed by atoms with Crippen molar-refractivity contribution in [2.75, 3.05) is 0 Å². The molecule has 5 nitrogen and oxygen atoms in total. The van der Waals surface area contributed by atoms with Gasteiger partial charge in [0.05, 0.1) is 18.1 Å². The maximum absolute atomic E-state index is 10.9. The number of aromatic nitrogens is 2. The molecule has 2 aromatic rings. The SMILES string of the molecule is Cc1ccccc1CN(Cc1cnc(C(=O)O)cn1)C1CCCC1. The number of rotatable bonds is 6. The second-order valence-corrected chi connectivity index (χ2v) is 6.47. The Hall–Kier alpha value is -2.27. The molecular weight excluding hydrogens is 302 g/mol. The Balaban J connectivity index is 1.77. The highest BCUT2D eigenvalue weighted by atomic mass is 16.4. The summed E-state index contributed by atoms with van der Waals surface area (Å²) < 4.78 is 0. The molecule has 1 saturated carbocycles. The molecule has 126 valence electrons. The predicted molar refractivity (Wildman–Crippen MR) is 91.7 cm³/mol. The van der Waals surface area contributed by atoms with Gasteiger partial charge in [0, 0.05) is 19.1 Å². The minimum atomic E-state index is -1.04. The zero-order valence-electron chi connectivity index (χ0n) is 14.0. The lowest BCUT2D eigenvalue weighted by Crippen LogP contribution is -2.33. The van der Waals surface area contributed by atoms with Gasteiger partial charge in [0.2, 0.25) is 0 Å². The molecule has 0 aliphatic heterocycles. The quantitative estimate of drug-likeness (QED) is 0.881. The molecule has 5 heteroatoms. The van der Waals surface area contributed by atoms with E-state index in [2.05, 4.69) is 46.1 Å². The van der Waals surface area contributed by atoms with Gasteiger partial charge >= 0.3 is 5.97 Å². The van der Waals surface area contributed by atoms with Crippen LogP contribution in [0.3, 0.4) is 0 Å². The van der Waals surface area contributed by atoms with E-state index < -0.39 is 5.97 Å². The molecule has 0 amide bonds. The van der Waals surface area contributed by atoms with Crippen LogP contribution in [0.4, 0.5) is 0 Å². The molecule has 0 saturated heterocycles. The van der Waals surface area contributed by atoms with Gasteiger partial charge in [0.15, 0.2) is 5.69 Å². The van der Waals surface area contributed by atoms with Crippen LogP contribution in [-0.4, -0.2) is 32.0 Å². The molecule has 1 aliphatic rings. The highest BCUT2D eigenvalue weighted by Crippen LogP contribution is 2.26. The Kier molecular flexibility index (Phi) is 5.20. The predicted octanol–water partition coefficient (Wildman–Crippen LogP) is 3.43. The largest absolute Gasteiger partial charge is 0.476 e. The summed E-state index contributed by atoms with van der Waals surface area (Å²) in [5.41, 5.74) is 3.44. The fourth-order valence-electron chi connectivity index (χ4n) is 3.34. The maximum Gasteiger partial charge on any atom is 0.356 e. The average molecular weight is 325 g/mol. The van der Waals surface area contributed by atoms with Gasteiger partial charge in [-0.15, -0.1) is 0 Å². The number of hydrogen-bond donors (Lipinski definition) is 1. The van der Waals surface area contributed by atoms with Crippen LogP contribution >= 0.6 is 0 Å². The van der Waals surface area contributed by atoms with Crippen molar-refractivity contribution in [3.8, 4) is 0 Å². The second kappa shape index (κ2) is 7.53. The number of aromatic carboxylic acids is 1. The number of benzene rings is 1. The highest BCUT2D eigenvalue weighted by Gasteiger charge is 2.23. The van der Waals surface area contributed by atoms with Gasteiger partial charge in [-0.1, -0.05) is 37.1 Å². The Bertz CT molecular complexity index is 694. The zero-order chi connectivity index (χ0) is 16.9. The highest BCUT2D eigenvalue weighted by molar-refractivity contribution is 5.84. The number of hydrogen-bond acceptors (Lipinski definition) is 4. The standard InChI is InChI=1S/C19H23N3O2/c1-14-6-2-3-7-15(14)12-22(17-8-4-5-9-17)13-16-10-21-18(11-20-16)19(23)24/h2-3,6-7,10-11,17H,4-5,8-9,12-13H2,1H3,(H,23,24). The third-order valence-electron chi connectivity index (χ3n) is 4.77. The van der Waals surface area contributed by atoms with E-state index >= 15 is 0 Å². The van der Waals surface area contributed by atoms with E-state index in [1.807, 2.05) is 0 Å². The first-order valence-electron chi connectivity index (χ1n) is 8.46. The van der Waals surface area contributed by atoms with Crippen LogP contribution in [0.1, 0.15) is 53.0 Å². The van der Waals surface area contributed by atoms with Crippen LogP contribution in [-0.2, 0) is 13.1 Å². The van der Waals surface area contributed by atoms with Crippen molar-refractivity contribution in [3.63, 3.8) is 0 Å². The van der Waals surface area contributed by atoms with E-state index in [-0.39, 0.29) is 5.69 Å². The summed E-state index contributed by atoms with van der Waals surface area (Å²) in [7, 11) is 0. The van der Waals surface area contributed by atoms with E-state index in [0.29, 0.717) is 12.6 Å². The van der Waals surface area contributed by atoms with E-state index in [4.69, 9.17) is 5.11 Å². The zero-order valence-corrected chi connectivity index (χ0v) is 14.0. The van der Waals surface area contributed by atoms with Crippen molar-refractivity contribution < 1.29 is 9.90 Å². The molecular formula is C19H23N3O2. The summed E-state index contributed by atoms with van der Waals surface area (Å²) in [6.45, 7) is 3.73. The molecule has 0 bridgehead atoms. The lowest BCUT2D eigenvalue weighted by Gasteiger charge is -2.29.